The highest BCUT2D eigenvalue weighted by Gasteiger charge is 2.17. The SMILES string of the molecule is Cn1c([N+](=O)[O-])cnc1COC1=CCC(=NC=CCN2CCCCC2)C=C1. The third-order valence-corrected chi connectivity index (χ3v) is 4.73. The molecule has 0 spiro atoms. The van der Waals surface area contributed by atoms with Gasteiger partial charge < -0.3 is 14.9 Å². The zero-order valence-electron chi connectivity index (χ0n) is 15.6. The van der Waals surface area contributed by atoms with Crippen molar-refractivity contribution in [2.45, 2.75) is 32.3 Å². The molecule has 1 aliphatic carbocycles. The molecule has 0 aromatic carbocycles. The van der Waals surface area contributed by atoms with Gasteiger partial charge in [0.1, 0.15) is 12.0 Å². The Morgan fingerprint density at radius 1 is 1.33 bits per heavy atom. The highest BCUT2D eigenvalue weighted by molar-refractivity contribution is 5.97. The molecule has 1 aromatic heterocycles. The summed E-state index contributed by atoms with van der Waals surface area (Å²) in [6.45, 7) is 3.51. The Labute approximate surface area is 158 Å². The van der Waals surface area contributed by atoms with Gasteiger partial charge in [0.05, 0.1) is 7.05 Å². The van der Waals surface area contributed by atoms with Gasteiger partial charge in [0.2, 0.25) is 5.82 Å². The Balaban J connectivity index is 1.44. The smallest absolute Gasteiger partial charge is 0.342 e. The summed E-state index contributed by atoms with van der Waals surface area (Å²) in [6, 6.07) is 0. The fourth-order valence-electron chi connectivity index (χ4n) is 3.10. The molecule has 3 rings (SSSR count). The van der Waals surface area contributed by atoms with E-state index >= 15 is 0 Å². The van der Waals surface area contributed by atoms with Crippen LogP contribution in [-0.4, -0.2) is 44.7 Å². The lowest BCUT2D eigenvalue weighted by atomic mass is 10.1. The summed E-state index contributed by atoms with van der Waals surface area (Å²) in [5, 5.41) is 10.8. The molecular weight excluding hydrogens is 346 g/mol. The summed E-state index contributed by atoms with van der Waals surface area (Å²) in [5.41, 5.74) is 0.977. The van der Waals surface area contributed by atoms with Crippen LogP contribution >= 0.6 is 0 Å². The molecule has 0 amide bonds. The Kier molecular flexibility index (Phi) is 6.54. The van der Waals surface area contributed by atoms with Crippen LogP contribution in [0.15, 0.2) is 47.5 Å². The van der Waals surface area contributed by atoms with Crippen molar-refractivity contribution in [2.24, 2.45) is 12.0 Å². The lowest BCUT2D eigenvalue weighted by Gasteiger charge is -2.24. The molecule has 0 saturated carbocycles. The third kappa shape index (κ3) is 5.37. The van der Waals surface area contributed by atoms with Crippen molar-refractivity contribution in [1.82, 2.24) is 14.5 Å². The van der Waals surface area contributed by atoms with Gasteiger partial charge in [-0.05, 0) is 49.1 Å². The first-order valence-electron chi connectivity index (χ1n) is 9.23. The molecule has 1 aromatic rings. The predicted octanol–water partition coefficient (Wildman–Crippen LogP) is 3.13. The van der Waals surface area contributed by atoms with E-state index in [0.717, 1.165) is 18.0 Å². The van der Waals surface area contributed by atoms with Gasteiger partial charge in [0.15, 0.2) is 6.61 Å². The third-order valence-electron chi connectivity index (χ3n) is 4.73. The van der Waals surface area contributed by atoms with Gasteiger partial charge in [-0.1, -0.05) is 12.5 Å². The van der Waals surface area contributed by atoms with Crippen molar-refractivity contribution in [3.63, 3.8) is 0 Å². The molecule has 0 bridgehead atoms. The van der Waals surface area contributed by atoms with Crippen LogP contribution in [0.25, 0.3) is 0 Å². The summed E-state index contributed by atoms with van der Waals surface area (Å²) < 4.78 is 7.11. The predicted molar refractivity (Wildman–Crippen MR) is 103 cm³/mol. The minimum atomic E-state index is -0.460. The van der Waals surface area contributed by atoms with E-state index in [4.69, 9.17) is 4.74 Å². The first-order valence-corrected chi connectivity index (χ1v) is 9.23. The van der Waals surface area contributed by atoms with Gasteiger partial charge in [0, 0.05) is 24.9 Å². The van der Waals surface area contributed by atoms with Crippen LogP contribution in [0, 0.1) is 10.1 Å². The lowest BCUT2D eigenvalue weighted by Crippen LogP contribution is -2.29. The van der Waals surface area contributed by atoms with E-state index in [1.54, 1.807) is 7.05 Å². The largest absolute Gasteiger partial charge is 0.484 e. The van der Waals surface area contributed by atoms with Crippen LogP contribution in [0.2, 0.25) is 0 Å². The summed E-state index contributed by atoms with van der Waals surface area (Å²) in [7, 11) is 1.61. The second-order valence-corrected chi connectivity index (χ2v) is 6.65. The number of aliphatic imine (C=N–C) groups is 1. The standard InChI is InChI=1S/C19H25N5O3/c1-22-18(21-14-19(22)24(25)26)15-27-17-8-6-16(7-9-17)20-10-5-13-23-11-3-2-4-12-23/h5-6,8-10,14H,2-4,7,11-13,15H2,1H3. The van der Waals surface area contributed by atoms with Crippen molar-refractivity contribution in [2.75, 3.05) is 19.6 Å². The van der Waals surface area contributed by atoms with Gasteiger partial charge in [-0.2, -0.15) is 0 Å². The minimum absolute atomic E-state index is 0.0486. The number of rotatable bonds is 7. The quantitative estimate of drug-likeness (QED) is 0.543. The van der Waals surface area contributed by atoms with E-state index in [-0.39, 0.29) is 12.4 Å². The van der Waals surface area contributed by atoms with Gasteiger partial charge in [-0.25, -0.2) is 9.55 Å². The highest BCUT2D eigenvalue weighted by Crippen LogP contribution is 2.16. The molecule has 2 aliphatic rings. The first kappa shape index (κ1) is 19.0. The summed E-state index contributed by atoms with van der Waals surface area (Å²) >= 11 is 0. The van der Waals surface area contributed by atoms with Crippen molar-refractivity contribution < 1.29 is 9.66 Å². The van der Waals surface area contributed by atoms with E-state index in [2.05, 4.69) is 21.0 Å². The monoisotopic (exact) mass is 371 g/mol. The molecule has 144 valence electrons. The van der Waals surface area contributed by atoms with Crippen LogP contribution in [0.5, 0.6) is 0 Å². The highest BCUT2D eigenvalue weighted by atomic mass is 16.6. The zero-order chi connectivity index (χ0) is 19.1. The fourth-order valence-corrected chi connectivity index (χ4v) is 3.10. The van der Waals surface area contributed by atoms with Gasteiger partial charge in [-0.15, -0.1) is 0 Å². The van der Waals surface area contributed by atoms with Crippen LogP contribution in [0.4, 0.5) is 5.82 Å². The minimum Gasteiger partial charge on any atom is -0.484 e. The zero-order valence-corrected chi connectivity index (χ0v) is 15.6. The maximum absolute atomic E-state index is 10.8. The second-order valence-electron chi connectivity index (χ2n) is 6.65. The summed E-state index contributed by atoms with van der Waals surface area (Å²) in [6.07, 6.45) is 15.6. The average molecular weight is 371 g/mol. The molecule has 1 aliphatic heterocycles. The Morgan fingerprint density at radius 2 is 2.15 bits per heavy atom. The lowest BCUT2D eigenvalue weighted by molar-refractivity contribution is -0.391. The van der Waals surface area contributed by atoms with Crippen LogP contribution in [0.1, 0.15) is 31.5 Å². The Hall–Kier alpha value is -2.74. The molecule has 0 unspecified atom stereocenters. The second kappa shape index (κ2) is 9.27. The summed E-state index contributed by atoms with van der Waals surface area (Å²) in [4.78, 5) is 21.3. The number of ether oxygens (including phenoxy) is 1. The number of hydrogen-bond donors (Lipinski definition) is 0. The van der Waals surface area contributed by atoms with Crippen molar-refractivity contribution >= 4 is 11.5 Å². The molecule has 1 fully saturated rings. The Morgan fingerprint density at radius 3 is 2.81 bits per heavy atom. The van der Waals surface area contributed by atoms with Crippen LogP contribution in [-0.2, 0) is 18.4 Å². The molecule has 2 heterocycles. The molecule has 0 N–H and O–H groups in total. The number of nitro groups is 1. The molecule has 27 heavy (non-hydrogen) atoms. The maximum atomic E-state index is 10.8. The number of aromatic nitrogens is 2. The Bertz CT molecular complexity index is 785. The van der Waals surface area contributed by atoms with Gasteiger partial charge >= 0.3 is 5.82 Å². The molecule has 8 nitrogen and oxygen atoms in total. The van der Waals surface area contributed by atoms with E-state index in [1.807, 2.05) is 24.4 Å². The summed E-state index contributed by atoms with van der Waals surface area (Å²) in [5.74, 6) is 1.18. The number of likely N-dealkylation sites (tertiary alicyclic amines) is 1. The maximum Gasteiger partial charge on any atom is 0.342 e. The number of piperidine rings is 1. The van der Waals surface area contributed by atoms with E-state index < -0.39 is 4.92 Å². The normalized spacial score (nSPS) is 19.6. The molecule has 1 saturated heterocycles. The number of hydrogen-bond acceptors (Lipinski definition) is 6. The molecule has 0 radical (unpaired) electrons. The number of nitrogens with zero attached hydrogens (tertiary/aromatic N) is 5. The van der Waals surface area contributed by atoms with Crippen molar-refractivity contribution in [1.29, 1.82) is 0 Å². The number of imidazole rings is 1. The van der Waals surface area contributed by atoms with Crippen molar-refractivity contribution in [3.05, 3.63) is 58.4 Å². The molecule has 0 atom stereocenters. The van der Waals surface area contributed by atoms with Crippen molar-refractivity contribution in [3.8, 4) is 0 Å². The van der Waals surface area contributed by atoms with E-state index in [9.17, 15) is 10.1 Å². The fraction of sp³-hybridized carbons (Fsp3) is 0.474. The van der Waals surface area contributed by atoms with E-state index in [0.29, 0.717) is 12.2 Å². The molecule has 8 heteroatoms. The number of allylic oxidation sites excluding steroid dienone is 3. The topological polar surface area (TPSA) is 85.8 Å². The van der Waals surface area contributed by atoms with Gasteiger partial charge in [-0.3, -0.25) is 9.89 Å². The first-order chi connectivity index (χ1) is 13.1. The van der Waals surface area contributed by atoms with Gasteiger partial charge in [0.25, 0.3) is 0 Å². The van der Waals surface area contributed by atoms with Crippen LogP contribution in [0.3, 0.4) is 0 Å². The van der Waals surface area contributed by atoms with Crippen LogP contribution < -0.4 is 0 Å². The van der Waals surface area contributed by atoms with E-state index in [1.165, 1.54) is 43.1 Å². The molecular formula is C19H25N5O3. The average Bonchev–Trinajstić information content (AvgIpc) is 3.06.